The molecule has 6 heteroatoms. The van der Waals surface area contributed by atoms with E-state index in [1.165, 1.54) is 10.5 Å². The number of nitrogens with zero attached hydrogens (tertiary/aromatic N) is 1. The van der Waals surface area contributed by atoms with Gasteiger partial charge in [-0.05, 0) is 19.1 Å². The lowest BCUT2D eigenvalue weighted by Crippen LogP contribution is -3.08. The van der Waals surface area contributed by atoms with Crippen LogP contribution in [-0.4, -0.2) is 24.5 Å². The predicted octanol–water partition coefficient (Wildman–Crippen LogP) is 0.941. The van der Waals surface area contributed by atoms with Gasteiger partial charge in [-0.2, -0.15) is 0 Å². The van der Waals surface area contributed by atoms with Crippen molar-refractivity contribution in [1.82, 2.24) is 0 Å². The summed E-state index contributed by atoms with van der Waals surface area (Å²) in [6.45, 7) is 2.44. The molecule has 0 bridgehead atoms. The molecule has 2 unspecified atom stereocenters. The fraction of sp³-hybridized carbons (Fsp3) is 0.238. The van der Waals surface area contributed by atoms with E-state index in [2.05, 4.69) is 35.5 Å². The number of carboxylic acids is 1. The Hall–Kier alpha value is -3.12. The number of carboxylic acid groups (broad SMARTS) is 1. The maximum atomic E-state index is 8.89. The molecule has 0 saturated carbocycles. The molecule has 0 aliphatic carbocycles. The molecule has 0 amide bonds. The van der Waals surface area contributed by atoms with Crippen molar-refractivity contribution in [2.45, 2.75) is 26.0 Å². The fourth-order valence-corrected chi connectivity index (χ4v) is 2.94. The van der Waals surface area contributed by atoms with Gasteiger partial charge in [-0.3, -0.25) is 4.90 Å². The average molecular weight is 366 g/mol. The Kier molecular flexibility index (Phi) is 6.22. The molecule has 2 aliphatic rings. The van der Waals surface area contributed by atoms with E-state index in [1.54, 1.807) is 0 Å². The third-order valence-corrected chi connectivity index (χ3v) is 4.10. The lowest BCUT2D eigenvalue weighted by Gasteiger charge is -2.26. The molecule has 0 saturated heterocycles. The Morgan fingerprint density at radius 3 is 2.56 bits per heavy atom. The monoisotopic (exact) mass is 366 g/mol. The highest BCUT2D eigenvalue weighted by molar-refractivity contribution is 5.76. The number of fused-ring (bicyclic) bond motifs is 1. The number of amidine groups is 1. The molecule has 1 N–H and O–H groups in total. The summed E-state index contributed by atoms with van der Waals surface area (Å²) in [4.78, 5) is 14.7. The number of quaternary nitrogens is 1. The van der Waals surface area contributed by atoms with E-state index in [4.69, 9.17) is 19.4 Å². The van der Waals surface area contributed by atoms with Gasteiger partial charge >= 0.3 is 0 Å². The second kappa shape index (κ2) is 9.00. The molecule has 4 rings (SSSR count). The summed E-state index contributed by atoms with van der Waals surface area (Å²) in [6, 6.07) is 18.3. The van der Waals surface area contributed by atoms with Crippen LogP contribution in [0.5, 0.6) is 11.5 Å². The number of benzene rings is 2. The first-order chi connectivity index (χ1) is 13.1. The van der Waals surface area contributed by atoms with Gasteiger partial charge in [-0.1, -0.05) is 42.5 Å². The van der Waals surface area contributed by atoms with E-state index in [0.717, 1.165) is 37.2 Å². The zero-order valence-corrected chi connectivity index (χ0v) is 15.1. The largest absolute Gasteiger partial charge is 0.550 e. The number of hydrogen-bond donors (Lipinski definition) is 1. The van der Waals surface area contributed by atoms with Crippen LogP contribution in [0.2, 0.25) is 0 Å². The van der Waals surface area contributed by atoms with Gasteiger partial charge in [0.1, 0.15) is 25.5 Å². The Bertz CT molecular complexity index is 829. The molecule has 27 heavy (non-hydrogen) atoms. The number of aliphatic carboxylic acids is 1. The van der Waals surface area contributed by atoms with Gasteiger partial charge in [-0.25, -0.2) is 4.99 Å². The maximum Gasteiger partial charge on any atom is 0.210 e. The first-order valence-corrected chi connectivity index (χ1v) is 8.81. The summed E-state index contributed by atoms with van der Waals surface area (Å²) >= 11 is 0. The van der Waals surface area contributed by atoms with E-state index in [-0.39, 0.29) is 6.10 Å². The van der Waals surface area contributed by atoms with Gasteiger partial charge < -0.3 is 19.4 Å². The van der Waals surface area contributed by atoms with Crippen LogP contribution in [0, 0.1) is 0 Å². The number of para-hydroxylation sites is 2. The second-order valence-corrected chi connectivity index (χ2v) is 6.27. The van der Waals surface area contributed by atoms with E-state index < -0.39 is 5.97 Å². The molecule has 2 aromatic carbocycles. The van der Waals surface area contributed by atoms with Crippen LogP contribution < -0.4 is 19.5 Å². The minimum absolute atomic E-state index is 0.00863. The Morgan fingerprint density at radius 1 is 1.15 bits per heavy atom. The van der Waals surface area contributed by atoms with E-state index in [1.807, 2.05) is 36.5 Å². The zero-order valence-electron chi connectivity index (χ0n) is 15.1. The first-order valence-electron chi connectivity index (χ1n) is 8.81. The van der Waals surface area contributed by atoms with Crippen molar-refractivity contribution < 1.29 is 24.3 Å². The summed E-state index contributed by atoms with van der Waals surface area (Å²) in [5.41, 5.74) is 1.30. The lowest BCUT2D eigenvalue weighted by molar-refractivity contribution is -0.761. The molecule has 2 aromatic rings. The zero-order chi connectivity index (χ0) is 19.1. The molecule has 0 radical (unpaired) electrons. The first kappa shape index (κ1) is 18.7. The van der Waals surface area contributed by atoms with Crippen LogP contribution in [0.25, 0.3) is 0 Å². The third-order valence-electron chi connectivity index (χ3n) is 4.10. The molecule has 0 aromatic heterocycles. The quantitative estimate of drug-likeness (QED) is 0.874. The van der Waals surface area contributed by atoms with Crippen molar-refractivity contribution in [1.29, 1.82) is 0 Å². The van der Waals surface area contributed by atoms with Crippen molar-refractivity contribution in [3.05, 3.63) is 72.6 Å². The standard InChI is InChI=1S/C19H18N2O2.C2H4O2/c1-2-6-15(7-3-1)13-21-11-10-20-19(21)12-16-14-22-17-8-4-5-9-18(17)23-16;1-2(3)4/h1-11,16H,12-14H2;1H3,(H,3,4). The number of carbonyl (C=O) groups is 1. The van der Waals surface area contributed by atoms with Crippen LogP contribution in [0.4, 0.5) is 0 Å². The summed E-state index contributed by atoms with van der Waals surface area (Å²) in [7, 11) is 0. The van der Waals surface area contributed by atoms with Crippen molar-refractivity contribution >= 4 is 11.8 Å². The summed E-state index contributed by atoms with van der Waals surface area (Å²) < 4.78 is 11.8. The molecule has 6 nitrogen and oxygen atoms in total. The number of hydrogen-bond acceptors (Lipinski definition) is 5. The van der Waals surface area contributed by atoms with E-state index in [9.17, 15) is 0 Å². The molecule has 0 fully saturated rings. The van der Waals surface area contributed by atoms with Gasteiger partial charge in [-0.15, -0.1) is 0 Å². The maximum absolute atomic E-state index is 8.89. The van der Waals surface area contributed by atoms with Gasteiger partial charge in [0.2, 0.25) is 5.84 Å². The third kappa shape index (κ3) is 5.43. The van der Waals surface area contributed by atoms with Crippen molar-refractivity contribution in [3.63, 3.8) is 0 Å². The minimum atomic E-state index is -1.08. The van der Waals surface area contributed by atoms with Gasteiger partial charge in [0.15, 0.2) is 11.5 Å². The number of ether oxygens (including phenoxy) is 2. The van der Waals surface area contributed by atoms with Gasteiger partial charge in [0.25, 0.3) is 0 Å². The summed E-state index contributed by atoms with van der Waals surface area (Å²) in [5.74, 6) is 1.66. The highest BCUT2D eigenvalue weighted by atomic mass is 16.6. The normalized spacial score (nSPS) is 19.7. The van der Waals surface area contributed by atoms with E-state index in [0.29, 0.717) is 6.61 Å². The SMILES string of the molecule is C1=C[NH+](Cc2ccccc2)C(CC2COc3ccccc3O2)=N1.CC(=O)[O-]. The van der Waals surface area contributed by atoms with Crippen molar-refractivity contribution in [2.75, 3.05) is 6.61 Å². The molecular weight excluding hydrogens is 344 g/mol. The molecule has 140 valence electrons. The Labute approximate surface area is 158 Å². The molecule has 0 spiro atoms. The number of rotatable bonds is 4. The topological polar surface area (TPSA) is 75.4 Å². The number of nitrogens with one attached hydrogen (secondary N) is 1. The van der Waals surface area contributed by atoms with Gasteiger partial charge in [0, 0.05) is 11.5 Å². The highest BCUT2D eigenvalue weighted by Gasteiger charge is 2.28. The minimum Gasteiger partial charge on any atom is -0.550 e. The van der Waals surface area contributed by atoms with Crippen LogP contribution in [0.15, 0.2) is 72.0 Å². The Balaban J connectivity index is 0.000000481. The van der Waals surface area contributed by atoms with Crippen LogP contribution >= 0.6 is 0 Å². The molecular formula is C21H22N2O4. The van der Waals surface area contributed by atoms with Gasteiger partial charge in [0.05, 0.1) is 12.6 Å². The molecule has 2 atom stereocenters. The predicted molar refractivity (Wildman–Crippen MR) is 99.3 cm³/mol. The highest BCUT2D eigenvalue weighted by Crippen LogP contribution is 2.31. The average Bonchev–Trinajstić information content (AvgIpc) is 3.09. The summed E-state index contributed by atoms with van der Waals surface area (Å²) in [6.07, 6.45) is 4.75. The van der Waals surface area contributed by atoms with Crippen molar-refractivity contribution in [3.8, 4) is 11.5 Å². The van der Waals surface area contributed by atoms with Crippen LogP contribution in [0.3, 0.4) is 0 Å². The fourth-order valence-electron chi connectivity index (χ4n) is 2.94. The summed E-state index contributed by atoms with van der Waals surface area (Å²) in [5, 5.41) is 8.89. The van der Waals surface area contributed by atoms with Crippen LogP contribution in [-0.2, 0) is 11.3 Å². The number of carbonyl (C=O) groups excluding carboxylic acids is 1. The smallest absolute Gasteiger partial charge is 0.210 e. The Morgan fingerprint density at radius 2 is 1.81 bits per heavy atom. The van der Waals surface area contributed by atoms with E-state index >= 15 is 0 Å². The molecule has 2 heterocycles. The van der Waals surface area contributed by atoms with Crippen molar-refractivity contribution in [2.24, 2.45) is 4.99 Å². The lowest BCUT2D eigenvalue weighted by atomic mass is 10.1. The number of aliphatic imine (C=N–C) groups is 1. The molecule has 2 aliphatic heterocycles. The second-order valence-electron chi connectivity index (χ2n) is 6.27. The van der Waals surface area contributed by atoms with Crippen LogP contribution in [0.1, 0.15) is 18.9 Å².